The van der Waals surface area contributed by atoms with Gasteiger partial charge in [0, 0.05) is 25.2 Å². The van der Waals surface area contributed by atoms with Gasteiger partial charge in [-0.3, -0.25) is 9.59 Å². The Morgan fingerprint density at radius 2 is 2.25 bits per heavy atom. The molecule has 0 saturated carbocycles. The Balaban J connectivity index is 0.00000208. The molecule has 2 fully saturated rings. The van der Waals surface area contributed by atoms with Crippen LogP contribution in [-0.4, -0.2) is 42.2 Å². The maximum Gasteiger partial charge on any atom is 0.237 e. The van der Waals surface area contributed by atoms with E-state index in [1.165, 1.54) is 0 Å². The van der Waals surface area contributed by atoms with E-state index >= 15 is 0 Å². The van der Waals surface area contributed by atoms with Gasteiger partial charge >= 0.3 is 0 Å². The van der Waals surface area contributed by atoms with Gasteiger partial charge < -0.3 is 20.6 Å². The summed E-state index contributed by atoms with van der Waals surface area (Å²) in [6, 6.07) is 7.26. The molecule has 0 aliphatic carbocycles. The van der Waals surface area contributed by atoms with E-state index in [-0.39, 0.29) is 36.3 Å². The van der Waals surface area contributed by atoms with Gasteiger partial charge in [0.25, 0.3) is 0 Å². The molecule has 0 aromatic heterocycles. The van der Waals surface area contributed by atoms with Crippen molar-refractivity contribution in [3.8, 4) is 0 Å². The third-order valence-corrected chi connectivity index (χ3v) is 4.54. The van der Waals surface area contributed by atoms with Crippen LogP contribution < -0.4 is 15.5 Å². The lowest BCUT2D eigenvalue weighted by molar-refractivity contribution is -0.123. The second-order valence-electron chi connectivity index (χ2n) is 6.32. The number of anilines is 1. The highest BCUT2D eigenvalue weighted by Gasteiger charge is 2.29. The second kappa shape index (κ2) is 7.96. The van der Waals surface area contributed by atoms with Crippen molar-refractivity contribution < 1.29 is 14.7 Å². The van der Waals surface area contributed by atoms with E-state index < -0.39 is 6.10 Å². The summed E-state index contributed by atoms with van der Waals surface area (Å²) in [6.07, 6.45) is 1.49. The summed E-state index contributed by atoms with van der Waals surface area (Å²) < 4.78 is 0. The molecule has 3 unspecified atom stereocenters. The number of aliphatic hydroxyl groups is 1. The summed E-state index contributed by atoms with van der Waals surface area (Å²) >= 11 is 0. The van der Waals surface area contributed by atoms with Gasteiger partial charge in [-0.05, 0) is 37.5 Å². The molecule has 2 aliphatic rings. The molecule has 2 heterocycles. The molecule has 1 aromatic carbocycles. The van der Waals surface area contributed by atoms with Crippen molar-refractivity contribution in [2.45, 2.75) is 44.4 Å². The average molecular weight is 354 g/mol. The van der Waals surface area contributed by atoms with Crippen molar-refractivity contribution in [3.63, 3.8) is 0 Å². The van der Waals surface area contributed by atoms with Gasteiger partial charge in [-0.25, -0.2) is 0 Å². The molecule has 24 heavy (non-hydrogen) atoms. The molecule has 0 radical (unpaired) electrons. The van der Waals surface area contributed by atoms with Crippen LogP contribution in [0, 0.1) is 0 Å². The number of nitrogens with one attached hydrogen (secondary N) is 2. The van der Waals surface area contributed by atoms with Crippen LogP contribution in [0.1, 0.15) is 37.8 Å². The molecule has 2 aliphatic heterocycles. The number of hydrogen-bond acceptors (Lipinski definition) is 4. The maximum absolute atomic E-state index is 12.2. The van der Waals surface area contributed by atoms with Crippen LogP contribution in [-0.2, 0) is 9.59 Å². The fourth-order valence-electron chi connectivity index (χ4n) is 3.20. The highest BCUT2D eigenvalue weighted by molar-refractivity contribution is 5.95. The monoisotopic (exact) mass is 353 g/mol. The number of hydrogen-bond donors (Lipinski definition) is 3. The maximum atomic E-state index is 12.2. The zero-order valence-corrected chi connectivity index (χ0v) is 14.5. The predicted molar refractivity (Wildman–Crippen MR) is 94.2 cm³/mol. The molecule has 0 spiro atoms. The fraction of sp³-hybridized carbons (Fsp3) is 0.529. The van der Waals surface area contributed by atoms with Crippen LogP contribution in [0.25, 0.3) is 0 Å². The summed E-state index contributed by atoms with van der Waals surface area (Å²) in [7, 11) is 0. The average Bonchev–Trinajstić information content (AvgIpc) is 3.16. The molecule has 3 rings (SSSR count). The van der Waals surface area contributed by atoms with Gasteiger partial charge in [0.1, 0.15) is 0 Å². The summed E-state index contributed by atoms with van der Waals surface area (Å²) in [5.74, 6) is 0.0553. The van der Waals surface area contributed by atoms with Crippen LogP contribution in [0.5, 0.6) is 0 Å². The van der Waals surface area contributed by atoms with E-state index in [1.54, 1.807) is 4.90 Å². The molecular formula is C17H24ClN3O3. The summed E-state index contributed by atoms with van der Waals surface area (Å²) in [5.41, 5.74) is 1.86. The number of aliphatic hydroxyl groups excluding tert-OH is 1. The normalized spacial score (nSPS) is 24.6. The van der Waals surface area contributed by atoms with Crippen LogP contribution in [0.2, 0.25) is 0 Å². The van der Waals surface area contributed by atoms with E-state index in [2.05, 4.69) is 10.6 Å². The number of carbonyl (C=O) groups is 2. The van der Waals surface area contributed by atoms with Gasteiger partial charge in [-0.2, -0.15) is 0 Å². The van der Waals surface area contributed by atoms with Crippen LogP contribution >= 0.6 is 12.4 Å². The number of β-amino-alcohol motifs (C(OH)–C–C–N with tert-alkyl or cyclic N) is 1. The number of carbonyl (C=O) groups excluding carboxylic acids is 2. The molecule has 3 atom stereocenters. The molecule has 2 amide bonds. The van der Waals surface area contributed by atoms with E-state index in [4.69, 9.17) is 0 Å². The Labute approximate surface area is 148 Å². The molecule has 2 saturated heterocycles. The lowest BCUT2D eigenvalue weighted by Gasteiger charge is -2.21. The topological polar surface area (TPSA) is 81.7 Å². The number of halogens is 1. The third kappa shape index (κ3) is 4.06. The third-order valence-electron chi connectivity index (χ3n) is 4.54. The summed E-state index contributed by atoms with van der Waals surface area (Å²) in [5, 5.41) is 15.5. The lowest BCUT2D eigenvalue weighted by atomic mass is 10.1. The van der Waals surface area contributed by atoms with Crippen molar-refractivity contribution in [2.24, 2.45) is 0 Å². The van der Waals surface area contributed by atoms with E-state index in [0.29, 0.717) is 19.4 Å². The van der Waals surface area contributed by atoms with Crippen molar-refractivity contribution >= 4 is 29.9 Å². The van der Waals surface area contributed by atoms with Gasteiger partial charge in [0.05, 0.1) is 18.2 Å². The second-order valence-corrected chi connectivity index (χ2v) is 6.32. The van der Waals surface area contributed by atoms with Crippen molar-refractivity contribution in [3.05, 3.63) is 29.8 Å². The van der Waals surface area contributed by atoms with Crippen molar-refractivity contribution in [1.82, 2.24) is 10.6 Å². The first-order valence-corrected chi connectivity index (χ1v) is 8.17. The first kappa shape index (κ1) is 18.7. The van der Waals surface area contributed by atoms with Gasteiger partial charge in [-0.1, -0.05) is 12.1 Å². The number of rotatable bonds is 4. The fourth-order valence-corrected chi connectivity index (χ4v) is 3.20. The molecule has 6 nitrogen and oxygen atoms in total. The molecular weight excluding hydrogens is 330 g/mol. The zero-order chi connectivity index (χ0) is 16.4. The number of amides is 2. The number of benzene rings is 1. The smallest absolute Gasteiger partial charge is 0.237 e. The molecule has 7 heteroatoms. The van der Waals surface area contributed by atoms with Gasteiger partial charge in [0.15, 0.2) is 0 Å². The van der Waals surface area contributed by atoms with Crippen LogP contribution in [0.4, 0.5) is 5.69 Å². The Hall–Kier alpha value is -1.63. The molecule has 3 N–H and O–H groups in total. The molecule has 132 valence electrons. The largest absolute Gasteiger partial charge is 0.392 e. The van der Waals surface area contributed by atoms with Crippen LogP contribution in [0.15, 0.2) is 24.3 Å². The van der Waals surface area contributed by atoms with Crippen LogP contribution in [0.3, 0.4) is 0 Å². The predicted octanol–water partition coefficient (Wildman–Crippen LogP) is 1.14. The first-order chi connectivity index (χ1) is 11.0. The lowest BCUT2D eigenvalue weighted by Crippen LogP contribution is -2.41. The number of nitrogens with zero attached hydrogens (tertiary/aromatic N) is 1. The quantitative estimate of drug-likeness (QED) is 0.758. The Morgan fingerprint density at radius 1 is 1.46 bits per heavy atom. The zero-order valence-electron chi connectivity index (χ0n) is 13.7. The minimum Gasteiger partial charge on any atom is -0.392 e. The Bertz CT molecular complexity index is 610. The standard InChI is InChI=1S/C17H23N3O3.ClH/c1-11(19-17(23)15-9-14(21)10-18-15)12-4-2-5-13(8-12)20-7-3-6-16(20)22;/h2,4-5,8,11,14-15,18,21H,3,6-7,9-10H2,1H3,(H,19,23);1H. The summed E-state index contributed by atoms with van der Waals surface area (Å²) in [4.78, 5) is 25.9. The van der Waals surface area contributed by atoms with Crippen molar-refractivity contribution in [1.29, 1.82) is 0 Å². The SMILES string of the molecule is CC(NC(=O)C1CC(O)CN1)c1cccc(N2CCCC2=O)c1.Cl. The van der Waals surface area contributed by atoms with Gasteiger partial charge in [-0.15, -0.1) is 12.4 Å². The minimum atomic E-state index is -0.453. The Kier molecular flexibility index (Phi) is 6.21. The Morgan fingerprint density at radius 3 is 2.88 bits per heavy atom. The van der Waals surface area contributed by atoms with E-state index in [9.17, 15) is 14.7 Å². The van der Waals surface area contributed by atoms with Crippen molar-refractivity contribution in [2.75, 3.05) is 18.0 Å². The first-order valence-electron chi connectivity index (χ1n) is 8.17. The summed E-state index contributed by atoms with van der Waals surface area (Å²) in [6.45, 7) is 3.14. The van der Waals surface area contributed by atoms with Gasteiger partial charge in [0.2, 0.25) is 11.8 Å². The minimum absolute atomic E-state index is 0. The molecule has 0 bridgehead atoms. The van der Waals surface area contributed by atoms with E-state index in [0.717, 1.165) is 24.2 Å². The van der Waals surface area contributed by atoms with E-state index in [1.807, 2.05) is 31.2 Å². The highest BCUT2D eigenvalue weighted by atomic mass is 35.5. The highest BCUT2D eigenvalue weighted by Crippen LogP contribution is 2.25. The molecule has 1 aromatic rings.